The lowest BCUT2D eigenvalue weighted by molar-refractivity contribution is -0.129. The molecule has 0 aliphatic carbocycles. The smallest absolute Gasteiger partial charge is 0.238 e. The minimum absolute atomic E-state index is 0. The lowest BCUT2D eigenvalue weighted by Crippen LogP contribution is -2.49. The Labute approximate surface area is 154 Å². The third kappa shape index (κ3) is 4.23. The van der Waals surface area contributed by atoms with Gasteiger partial charge in [0.05, 0.1) is 4.90 Å². The van der Waals surface area contributed by atoms with E-state index in [0.717, 1.165) is 25.7 Å². The zero-order valence-corrected chi connectivity index (χ0v) is 15.8. The number of benzene rings is 1. The number of nitrogens with zero attached hydrogens (tertiary/aromatic N) is 1. The van der Waals surface area contributed by atoms with Gasteiger partial charge in [0.25, 0.3) is 0 Å². The van der Waals surface area contributed by atoms with Crippen molar-refractivity contribution in [2.24, 2.45) is 0 Å². The van der Waals surface area contributed by atoms with Crippen LogP contribution in [0.2, 0.25) is 5.02 Å². The molecule has 0 saturated carbocycles. The molecule has 5 nitrogen and oxygen atoms in total. The van der Waals surface area contributed by atoms with Gasteiger partial charge < -0.3 is 10.2 Å². The molecule has 1 aromatic rings. The predicted octanol–water partition coefficient (Wildman–Crippen LogP) is 2.28. The monoisotopic (exact) mass is 392 g/mol. The Balaban J connectivity index is 0.00000208. The number of sulfone groups is 1. The molecular weight excluding hydrogens is 371 g/mol. The van der Waals surface area contributed by atoms with E-state index >= 15 is 0 Å². The van der Waals surface area contributed by atoms with Crippen molar-refractivity contribution in [1.29, 1.82) is 0 Å². The lowest BCUT2D eigenvalue weighted by Gasteiger charge is -2.35. The standard InChI is InChI=1S/C16H21ClN2O3S.ClH/c1-19(14-8-12-4-5-13(9-14)18-12)16(20)10-23(21,22)15-6-2-11(17)3-7-15;/h2-3,6-7,12-14,18H,4-5,8-10H2,1H3;1H. The van der Waals surface area contributed by atoms with Gasteiger partial charge in [0, 0.05) is 30.2 Å². The van der Waals surface area contributed by atoms with Crippen molar-refractivity contribution >= 4 is 39.8 Å². The van der Waals surface area contributed by atoms with Crippen molar-refractivity contribution in [3.63, 3.8) is 0 Å². The van der Waals surface area contributed by atoms with Crippen LogP contribution in [0, 0.1) is 0 Å². The molecule has 0 aromatic heterocycles. The van der Waals surface area contributed by atoms with Gasteiger partial charge in [0.1, 0.15) is 5.75 Å². The van der Waals surface area contributed by atoms with Crippen LogP contribution in [0.15, 0.2) is 29.2 Å². The Morgan fingerprint density at radius 1 is 1.21 bits per heavy atom. The number of carbonyl (C=O) groups is 1. The summed E-state index contributed by atoms with van der Waals surface area (Å²) in [5, 5.41) is 3.99. The van der Waals surface area contributed by atoms with E-state index in [-0.39, 0.29) is 29.3 Å². The van der Waals surface area contributed by atoms with Crippen molar-refractivity contribution < 1.29 is 13.2 Å². The van der Waals surface area contributed by atoms with Gasteiger partial charge in [-0.2, -0.15) is 0 Å². The number of hydrogen-bond acceptors (Lipinski definition) is 4. The number of halogens is 2. The molecule has 2 fully saturated rings. The van der Waals surface area contributed by atoms with Crippen LogP contribution in [0.5, 0.6) is 0 Å². The van der Waals surface area contributed by atoms with Gasteiger partial charge in [0.2, 0.25) is 5.91 Å². The molecule has 3 rings (SSSR count). The van der Waals surface area contributed by atoms with Crippen molar-refractivity contribution in [3.8, 4) is 0 Å². The van der Waals surface area contributed by atoms with Crippen molar-refractivity contribution in [2.75, 3.05) is 12.8 Å². The van der Waals surface area contributed by atoms with Crippen LogP contribution in [-0.2, 0) is 14.6 Å². The van der Waals surface area contributed by atoms with Crippen LogP contribution < -0.4 is 5.32 Å². The quantitative estimate of drug-likeness (QED) is 0.853. The summed E-state index contributed by atoms with van der Waals surface area (Å²) in [6.45, 7) is 0. The van der Waals surface area contributed by atoms with Gasteiger partial charge in [0.15, 0.2) is 9.84 Å². The van der Waals surface area contributed by atoms with E-state index in [1.807, 2.05) is 0 Å². The first-order chi connectivity index (χ1) is 10.8. The second-order valence-electron chi connectivity index (χ2n) is 6.48. The third-order valence-electron chi connectivity index (χ3n) is 4.88. The summed E-state index contributed by atoms with van der Waals surface area (Å²) in [6, 6.07) is 6.97. The zero-order chi connectivity index (χ0) is 16.6. The molecule has 1 N–H and O–H groups in total. The zero-order valence-electron chi connectivity index (χ0n) is 13.4. The first-order valence-electron chi connectivity index (χ1n) is 7.85. The Hall–Kier alpha value is -0.820. The van der Waals surface area contributed by atoms with E-state index in [2.05, 4.69) is 5.32 Å². The number of fused-ring (bicyclic) bond motifs is 2. The average Bonchev–Trinajstić information content (AvgIpc) is 2.84. The van der Waals surface area contributed by atoms with Crippen LogP contribution in [0.1, 0.15) is 25.7 Å². The summed E-state index contributed by atoms with van der Waals surface area (Å²) < 4.78 is 24.8. The molecule has 8 heteroatoms. The van der Waals surface area contributed by atoms with Gasteiger partial charge in [-0.15, -0.1) is 12.4 Å². The fourth-order valence-electron chi connectivity index (χ4n) is 3.54. The summed E-state index contributed by atoms with van der Waals surface area (Å²) in [5.41, 5.74) is 0. The summed E-state index contributed by atoms with van der Waals surface area (Å²) in [7, 11) is -1.92. The molecule has 1 amide bonds. The Kier molecular flexibility index (Phi) is 6.18. The number of hydrogen-bond donors (Lipinski definition) is 1. The van der Waals surface area contributed by atoms with Crippen molar-refractivity contribution in [3.05, 3.63) is 29.3 Å². The topological polar surface area (TPSA) is 66.5 Å². The summed E-state index contributed by atoms with van der Waals surface area (Å²) in [6.07, 6.45) is 4.10. The van der Waals surface area contributed by atoms with Crippen LogP contribution >= 0.6 is 24.0 Å². The highest BCUT2D eigenvalue weighted by atomic mass is 35.5. The minimum atomic E-state index is -3.64. The second-order valence-corrected chi connectivity index (χ2v) is 8.91. The summed E-state index contributed by atoms with van der Waals surface area (Å²) >= 11 is 5.78. The Morgan fingerprint density at radius 2 is 1.75 bits per heavy atom. The van der Waals surface area contributed by atoms with Crippen LogP contribution in [0.4, 0.5) is 0 Å². The van der Waals surface area contributed by atoms with E-state index in [0.29, 0.717) is 17.1 Å². The van der Waals surface area contributed by atoms with Crippen molar-refractivity contribution in [1.82, 2.24) is 10.2 Å². The van der Waals surface area contributed by atoms with E-state index in [1.165, 1.54) is 24.3 Å². The van der Waals surface area contributed by atoms with Crippen molar-refractivity contribution in [2.45, 2.75) is 48.7 Å². The van der Waals surface area contributed by atoms with Gasteiger partial charge in [-0.1, -0.05) is 11.6 Å². The van der Waals surface area contributed by atoms with Crippen LogP contribution in [0.25, 0.3) is 0 Å². The fourth-order valence-corrected chi connectivity index (χ4v) is 4.91. The molecule has 2 unspecified atom stereocenters. The maximum atomic E-state index is 12.4. The first kappa shape index (κ1) is 19.5. The molecule has 24 heavy (non-hydrogen) atoms. The summed E-state index contributed by atoms with van der Waals surface area (Å²) in [4.78, 5) is 14.2. The van der Waals surface area contributed by atoms with Gasteiger partial charge in [-0.3, -0.25) is 4.79 Å². The highest BCUT2D eigenvalue weighted by Gasteiger charge is 2.37. The molecule has 2 bridgehead atoms. The average molecular weight is 393 g/mol. The minimum Gasteiger partial charge on any atom is -0.342 e. The highest BCUT2D eigenvalue weighted by Crippen LogP contribution is 2.29. The lowest BCUT2D eigenvalue weighted by atomic mass is 9.98. The molecule has 2 aliphatic rings. The van der Waals surface area contributed by atoms with Crippen LogP contribution in [0.3, 0.4) is 0 Å². The number of nitrogens with one attached hydrogen (secondary N) is 1. The van der Waals surface area contributed by atoms with E-state index in [9.17, 15) is 13.2 Å². The van der Waals surface area contributed by atoms with Gasteiger partial charge in [-0.25, -0.2) is 8.42 Å². The van der Waals surface area contributed by atoms with Gasteiger partial charge in [-0.05, 0) is 49.9 Å². The number of carbonyl (C=O) groups excluding carboxylic acids is 1. The molecular formula is C16H22Cl2N2O3S. The number of rotatable bonds is 4. The molecule has 2 aliphatic heterocycles. The van der Waals surface area contributed by atoms with E-state index < -0.39 is 15.6 Å². The molecule has 0 spiro atoms. The largest absolute Gasteiger partial charge is 0.342 e. The molecule has 2 heterocycles. The van der Waals surface area contributed by atoms with Crippen LogP contribution in [-0.4, -0.2) is 50.2 Å². The van der Waals surface area contributed by atoms with E-state index in [4.69, 9.17) is 11.6 Å². The fraction of sp³-hybridized carbons (Fsp3) is 0.562. The van der Waals surface area contributed by atoms with Gasteiger partial charge >= 0.3 is 0 Å². The maximum absolute atomic E-state index is 12.4. The summed E-state index contributed by atoms with van der Waals surface area (Å²) in [5.74, 6) is -0.837. The maximum Gasteiger partial charge on any atom is 0.238 e. The number of piperidine rings is 1. The molecule has 0 radical (unpaired) electrons. The predicted molar refractivity (Wildman–Crippen MR) is 96.5 cm³/mol. The Bertz CT molecular complexity index is 682. The van der Waals surface area contributed by atoms with E-state index in [1.54, 1.807) is 11.9 Å². The molecule has 2 saturated heterocycles. The first-order valence-corrected chi connectivity index (χ1v) is 9.88. The SMILES string of the molecule is CN(C(=O)CS(=O)(=O)c1ccc(Cl)cc1)C1CC2CCC(C1)N2.Cl. The molecule has 134 valence electrons. The third-order valence-corrected chi connectivity index (χ3v) is 6.74. The second kappa shape index (κ2) is 7.60. The molecule has 1 aromatic carbocycles. The number of amides is 1. The Morgan fingerprint density at radius 3 is 2.29 bits per heavy atom. The normalized spacial score (nSPS) is 25.8. The molecule has 2 atom stereocenters. The highest BCUT2D eigenvalue weighted by molar-refractivity contribution is 7.92.